The van der Waals surface area contributed by atoms with Gasteiger partial charge in [0.05, 0.1) is 11.9 Å². The number of benzene rings is 1. The summed E-state index contributed by atoms with van der Waals surface area (Å²) in [6.45, 7) is 4.95. The number of nitrogens with zero attached hydrogens (tertiary/aromatic N) is 3. The van der Waals surface area contributed by atoms with Gasteiger partial charge in [0.2, 0.25) is 0 Å². The number of piperazine rings is 1. The van der Waals surface area contributed by atoms with Crippen molar-refractivity contribution in [1.29, 1.82) is 0 Å². The summed E-state index contributed by atoms with van der Waals surface area (Å²) >= 11 is 0. The van der Waals surface area contributed by atoms with E-state index >= 15 is 0 Å². The summed E-state index contributed by atoms with van der Waals surface area (Å²) in [5.41, 5.74) is 2.17. The minimum absolute atomic E-state index is 0.728. The molecule has 0 spiro atoms. The summed E-state index contributed by atoms with van der Waals surface area (Å²) < 4.78 is 11.4. The number of anilines is 2. The van der Waals surface area contributed by atoms with Crippen molar-refractivity contribution in [2.75, 3.05) is 49.7 Å². The lowest BCUT2D eigenvalue weighted by Crippen LogP contribution is -2.44. The van der Waals surface area contributed by atoms with Crippen LogP contribution in [0.1, 0.15) is 5.56 Å². The van der Waals surface area contributed by atoms with Crippen molar-refractivity contribution in [2.24, 2.45) is 0 Å². The predicted octanol–water partition coefficient (Wildman–Crippen LogP) is 2.18. The molecule has 1 aromatic carbocycles. The Labute approximate surface area is 146 Å². The zero-order valence-electron chi connectivity index (χ0n) is 14.2. The van der Waals surface area contributed by atoms with E-state index in [-0.39, 0.29) is 0 Å². The van der Waals surface area contributed by atoms with Crippen molar-refractivity contribution in [3.8, 4) is 0 Å². The van der Waals surface area contributed by atoms with Gasteiger partial charge in [-0.05, 0) is 36.9 Å². The lowest BCUT2D eigenvalue weighted by Gasteiger charge is -2.33. The molecule has 5 nitrogen and oxygen atoms in total. The molecule has 0 radical (unpaired) electrons. The van der Waals surface area contributed by atoms with Gasteiger partial charge in [-0.25, -0.2) is 4.98 Å². The fourth-order valence-electron chi connectivity index (χ4n) is 2.72. The zero-order valence-corrected chi connectivity index (χ0v) is 15.1. The number of likely N-dealkylation sites (N-methyl/N-ethyl adjacent to an activating group) is 1. The Morgan fingerprint density at radius 1 is 1.08 bits per heavy atom. The Bertz CT molecular complexity index is 679. The van der Waals surface area contributed by atoms with E-state index in [1.165, 1.54) is 0 Å². The molecule has 1 aliphatic rings. The Morgan fingerprint density at radius 3 is 2.38 bits per heavy atom. The van der Waals surface area contributed by atoms with Crippen LogP contribution < -0.4 is 10.2 Å². The monoisotopic (exact) mass is 344 g/mol. The van der Waals surface area contributed by atoms with Crippen LogP contribution in [-0.2, 0) is 17.3 Å². The Morgan fingerprint density at radius 2 is 1.79 bits per heavy atom. The molecule has 0 unspecified atom stereocenters. The number of hydrogen-bond acceptors (Lipinski definition) is 5. The van der Waals surface area contributed by atoms with Gasteiger partial charge in [0, 0.05) is 54.7 Å². The van der Waals surface area contributed by atoms with Crippen molar-refractivity contribution < 1.29 is 4.21 Å². The topological polar surface area (TPSA) is 48.5 Å². The van der Waals surface area contributed by atoms with Gasteiger partial charge in [-0.2, -0.15) is 0 Å². The molecule has 0 aliphatic carbocycles. The first-order chi connectivity index (χ1) is 11.6. The highest BCUT2D eigenvalue weighted by atomic mass is 32.2. The van der Waals surface area contributed by atoms with Crippen LogP contribution in [0.15, 0.2) is 47.5 Å². The molecule has 128 valence electrons. The summed E-state index contributed by atoms with van der Waals surface area (Å²) in [4.78, 5) is 10.1. The molecule has 1 N–H and O–H groups in total. The number of aromatic nitrogens is 1. The minimum atomic E-state index is -0.923. The van der Waals surface area contributed by atoms with Gasteiger partial charge in [-0.3, -0.25) is 4.21 Å². The molecule has 1 aromatic heterocycles. The van der Waals surface area contributed by atoms with Crippen LogP contribution in [0.2, 0.25) is 0 Å². The molecule has 24 heavy (non-hydrogen) atoms. The van der Waals surface area contributed by atoms with Crippen LogP contribution in [0.4, 0.5) is 11.5 Å². The minimum Gasteiger partial charge on any atom is -0.380 e. The highest BCUT2D eigenvalue weighted by Gasteiger charge is 2.14. The predicted molar refractivity (Wildman–Crippen MR) is 100 cm³/mol. The third-order valence-corrected chi connectivity index (χ3v) is 5.26. The summed E-state index contributed by atoms with van der Waals surface area (Å²) in [6, 6.07) is 12.0. The fourth-order valence-corrected chi connectivity index (χ4v) is 3.24. The molecule has 1 fully saturated rings. The quantitative estimate of drug-likeness (QED) is 0.901. The molecule has 1 atom stereocenters. The Kier molecular flexibility index (Phi) is 5.48. The molecule has 2 aromatic rings. The first kappa shape index (κ1) is 16.9. The van der Waals surface area contributed by atoms with Crippen molar-refractivity contribution in [1.82, 2.24) is 9.88 Å². The van der Waals surface area contributed by atoms with Gasteiger partial charge in [0.25, 0.3) is 0 Å². The third kappa shape index (κ3) is 4.33. The van der Waals surface area contributed by atoms with Gasteiger partial charge >= 0.3 is 0 Å². The molecule has 3 rings (SSSR count). The molecule has 1 saturated heterocycles. The average Bonchev–Trinajstić information content (AvgIpc) is 2.61. The standard InChI is InChI=1S/C18H24N4OS/c1-21-9-11-22(12-10-21)18-8-5-16(14-20-18)19-13-15-3-6-17(7-4-15)24(2)23/h3-8,14,19H,9-13H2,1-2H3/t24-/m1/s1. The van der Waals surface area contributed by atoms with E-state index in [4.69, 9.17) is 0 Å². The second-order valence-corrected chi connectivity index (χ2v) is 7.53. The molecule has 2 heterocycles. The smallest absolute Gasteiger partial charge is 0.128 e. The van der Waals surface area contributed by atoms with E-state index in [2.05, 4.69) is 39.3 Å². The maximum atomic E-state index is 11.4. The number of pyridine rings is 1. The van der Waals surface area contributed by atoms with E-state index in [0.717, 1.165) is 54.7 Å². The van der Waals surface area contributed by atoms with Gasteiger partial charge in [0.1, 0.15) is 5.82 Å². The highest BCUT2D eigenvalue weighted by molar-refractivity contribution is 7.84. The normalized spacial score (nSPS) is 16.8. The maximum absolute atomic E-state index is 11.4. The van der Waals surface area contributed by atoms with Crippen LogP contribution in [0.5, 0.6) is 0 Å². The summed E-state index contributed by atoms with van der Waals surface area (Å²) in [5, 5.41) is 3.38. The molecular formula is C18H24N4OS. The van der Waals surface area contributed by atoms with Crippen LogP contribution in [0.3, 0.4) is 0 Å². The second-order valence-electron chi connectivity index (χ2n) is 6.15. The van der Waals surface area contributed by atoms with E-state index in [0.29, 0.717) is 0 Å². The Balaban J connectivity index is 1.55. The fraction of sp³-hybridized carbons (Fsp3) is 0.389. The van der Waals surface area contributed by atoms with E-state index < -0.39 is 10.8 Å². The van der Waals surface area contributed by atoms with Gasteiger partial charge < -0.3 is 15.1 Å². The van der Waals surface area contributed by atoms with Crippen LogP contribution in [0.25, 0.3) is 0 Å². The van der Waals surface area contributed by atoms with Crippen molar-refractivity contribution in [2.45, 2.75) is 11.4 Å². The number of rotatable bonds is 5. The lowest BCUT2D eigenvalue weighted by atomic mass is 10.2. The van der Waals surface area contributed by atoms with Crippen molar-refractivity contribution >= 4 is 22.3 Å². The van der Waals surface area contributed by atoms with Crippen LogP contribution in [-0.4, -0.2) is 53.6 Å². The molecule has 1 aliphatic heterocycles. The first-order valence-electron chi connectivity index (χ1n) is 8.17. The molecular weight excluding hydrogens is 320 g/mol. The largest absolute Gasteiger partial charge is 0.380 e. The van der Waals surface area contributed by atoms with Crippen molar-refractivity contribution in [3.05, 3.63) is 48.2 Å². The second kappa shape index (κ2) is 7.77. The SMILES string of the molecule is CN1CCN(c2ccc(NCc3ccc([S@@](C)=O)cc3)cn2)CC1. The van der Waals surface area contributed by atoms with Gasteiger partial charge in [0.15, 0.2) is 0 Å². The van der Waals surface area contributed by atoms with E-state index in [9.17, 15) is 4.21 Å². The Hall–Kier alpha value is -1.92. The van der Waals surface area contributed by atoms with Gasteiger partial charge in [-0.1, -0.05) is 12.1 Å². The number of hydrogen-bond donors (Lipinski definition) is 1. The molecule has 0 amide bonds. The maximum Gasteiger partial charge on any atom is 0.128 e. The van der Waals surface area contributed by atoms with E-state index in [1.807, 2.05) is 30.5 Å². The summed E-state index contributed by atoms with van der Waals surface area (Å²) in [7, 11) is 1.23. The molecule has 0 saturated carbocycles. The molecule has 6 heteroatoms. The zero-order chi connectivity index (χ0) is 16.9. The lowest BCUT2D eigenvalue weighted by molar-refractivity contribution is 0.312. The van der Waals surface area contributed by atoms with Crippen molar-refractivity contribution in [3.63, 3.8) is 0 Å². The summed E-state index contributed by atoms with van der Waals surface area (Å²) in [5.74, 6) is 1.04. The third-order valence-electron chi connectivity index (χ3n) is 4.33. The van der Waals surface area contributed by atoms with Crippen LogP contribution >= 0.6 is 0 Å². The van der Waals surface area contributed by atoms with Gasteiger partial charge in [-0.15, -0.1) is 0 Å². The summed E-state index contributed by atoms with van der Waals surface area (Å²) in [6.07, 6.45) is 3.59. The number of nitrogens with one attached hydrogen (secondary N) is 1. The average molecular weight is 344 g/mol. The van der Waals surface area contributed by atoms with Crippen LogP contribution in [0, 0.1) is 0 Å². The highest BCUT2D eigenvalue weighted by Crippen LogP contribution is 2.17. The van der Waals surface area contributed by atoms with E-state index in [1.54, 1.807) is 6.26 Å². The first-order valence-corrected chi connectivity index (χ1v) is 9.73. The molecule has 0 bridgehead atoms.